The van der Waals surface area contributed by atoms with Crippen molar-refractivity contribution >= 4 is 17.5 Å². The molecular weight excluding hydrogens is 300 g/mol. The molecule has 1 heterocycles. The van der Waals surface area contributed by atoms with Gasteiger partial charge in [-0.2, -0.15) is 5.10 Å². The fourth-order valence-electron chi connectivity index (χ4n) is 2.85. The predicted molar refractivity (Wildman–Crippen MR) is 86.7 cm³/mol. The summed E-state index contributed by atoms with van der Waals surface area (Å²) in [5.74, 6) is -0.107. The molecule has 1 aliphatic carbocycles. The SMILES string of the molecule is NC1CCC(NC(=O)c2cn[nH]c2-c2cccc(Cl)c2)CC1. The van der Waals surface area contributed by atoms with Crippen molar-refractivity contribution < 1.29 is 4.79 Å². The Hall–Kier alpha value is -1.85. The number of nitrogens with two attached hydrogens (primary N) is 1. The second-order valence-electron chi connectivity index (χ2n) is 5.75. The standard InChI is InChI=1S/C16H19ClN4O/c17-11-3-1-2-10(8-11)15-14(9-19-21-15)16(22)20-13-6-4-12(18)5-7-13/h1-3,8-9,12-13H,4-7,18H2,(H,19,21)(H,20,22). The van der Waals surface area contributed by atoms with Gasteiger partial charge in [0.25, 0.3) is 5.91 Å². The molecule has 3 rings (SSSR count). The first-order chi connectivity index (χ1) is 10.6. The molecular formula is C16H19ClN4O. The highest BCUT2D eigenvalue weighted by Crippen LogP contribution is 2.24. The molecule has 1 aromatic heterocycles. The Morgan fingerprint density at radius 1 is 1.32 bits per heavy atom. The van der Waals surface area contributed by atoms with Crippen LogP contribution in [0.1, 0.15) is 36.0 Å². The minimum absolute atomic E-state index is 0.107. The second kappa shape index (κ2) is 6.50. The Morgan fingerprint density at radius 3 is 2.82 bits per heavy atom. The van der Waals surface area contributed by atoms with Crippen LogP contribution in [-0.2, 0) is 0 Å². The molecule has 0 bridgehead atoms. The lowest BCUT2D eigenvalue weighted by molar-refractivity contribution is 0.0926. The van der Waals surface area contributed by atoms with Gasteiger partial charge in [0.15, 0.2) is 0 Å². The molecule has 0 radical (unpaired) electrons. The zero-order valence-electron chi connectivity index (χ0n) is 12.2. The number of hydrogen-bond acceptors (Lipinski definition) is 3. The predicted octanol–water partition coefficient (Wildman–Crippen LogP) is 2.73. The molecule has 1 aromatic carbocycles. The average molecular weight is 319 g/mol. The van der Waals surface area contributed by atoms with Crippen molar-refractivity contribution in [2.75, 3.05) is 0 Å². The fraction of sp³-hybridized carbons (Fsp3) is 0.375. The molecule has 0 aliphatic heterocycles. The van der Waals surface area contributed by atoms with Crippen molar-refractivity contribution in [2.24, 2.45) is 5.73 Å². The topological polar surface area (TPSA) is 83.8 Å². The Bertz CT molecular complexity index is 662. The Morgan fingerprint density at radius 2 is 2.09 bits per heavy atom. The van der Waals surface area contributed by atoms with Crippen LogP contribution < -0.4 is 11.1 Å². The van der Waals surface area contributed by atoms with Crippen molar-refractivity contribution in [2.45, 2.75) is 37.8 Å². The smallest absolute Gasteiger partial charge is 0.255 e. The molecule has 1 aliphatic rings. The van der Waals surface area contributed by atoms with Gasteiger partial charge in [0, 0.05) is 22.7 Å². The van der Waals surface area contributed by atoms with Crippen LogP contribution in [0.4, 0.5) is 0 Å². The third kappa shape index (κ3) is 3.31. The summed E-state index contributed by atoms with van der Waals surface area (Å²) < 4.78 is 0. The van der Waals surface area contributed by atoms with E-state index in [1.165, 1.54) is 0 Å². The van der Waals surface area contributed by atoms with Gasteiger partial charge in [0.1, 0.15) is 0 Å². The van der Waals surface area contributed by atoms with E-state index in [1.807, 2.05) is 18.2 Å². The van der Waals surface area contributed by atoms with Crippen LogP contribution in [0.5, 0.6) is 0 Å². The first kappa shape index (κ1) is 15.1. The third-order valence-corrected chi connectivity index (χ3v) is 4.34. The lowest BCUT2D eigenvalue weighted by Crippen LogP contribution is -2.40. The minimum atomic E-state index is -0.107. The summed E-state index contributed by atoms with van der Waals surface area (Å²) in [4.78, 5) is 12.5. The zero-order chi connectivity index (χ0) is 15.5. The summed E-state index contributed by atoms with van der Waals surface area (Å²) in [6.45, 7) is 0. The van der Waals surface area contributed by atoms with Gasteiger partial charge in [-0.25, -0.2) is 0 Å². The molecule has 0 atom stereocenters. The number of hydrogen-bond donors (Lipinski definition) is 3. The fourth-order valence-corrected chi connectivity index (χ4v) is 3.04. The van der Waals surface area contributed by atoms with Gasteiger partial charge in [-0.05, 0) is 37.8 Å². The third-order valence-electron chi connectivity index (χ3n) is 4.10. The highest BCUT2D eigenvalue weighted by molar-refractivity contribution is 6.30. The van der Waals surface area contributed by atoms with Gasteiger partial charge in [0.2, 0.25) is 0 Å². The van der Waals surface area contributed by atoms with Gasteiger partial charge in [-0.1, -0.05) is 23.7 Å². The minimum Gasteiger partial charge on any atom is -0.349 e. The summed E-state index contributed by atoms with van der Waals surface area (Å²) in [6.07, 6.45) is 5.32. The summed E-state index contributed by atoms with van der Waals surface area (Å²) in [6, 6.07) is 7.81. The maximum Gasteiger partial charge on any atom is 0.255 e. The van der Waals surface area contributed by atoms with E-state index in [9.17, 15) is 4.79 Å². The highest BCUT2D eigenvalue weighted by atomic mass is 35.5. The van der Waals surface area contributed by atoms with E-state index in [2.05, 4.69) is 15.5 Å². The number of carbonyl (C=O) groups excluding carboxylic acids is 1. The van der Waals surface area contributed by atoms with Gasteiger partial charge >= 0.3 is 0 Å². The Balaban J connectivity index is 1.75. The van der Waals surface area contributed by atoms with E-state index in [0.717, 1.165) is 31.2 Å². The molecule has 0 unspecified atom stereocenters. The van der Waals surface area contributed by atoms with Crippen molar-refractivity contribution in [1.29, 1.82) is 0 Å². The number of halogens is 1. The largest absolute Gasteiger partial charge is 0.349 e. The maximum absolute atomic E-state index is 12.5. The molecule has 116 valence electrons. The zero-order valence-corrected chi connectivity index (χ0v) is 12.9. The molecule has 22 heavy (non-hydrogen) atoms. The van der Waals surface area contributed by atoms with Crippen LogP contribution in [0.2, 0.25) is 5.02 Å². The first-order valence-corrected chi connectivity index (χ1v) is 7.87. The summed E-state index contributed by atoms with van der Waals surface area (Å²) >= 11 is 6.02. The summed E-state index contributed by atoms with van der Waals surface area (Å²) in [5.41, 5.74) is 7.97. The van der Waals surface area contributed by atoms with Gasteiger partial charge in [-0.15, -0.1) is 0 Å². The molecule has 6 heteroatoms. The van der Waals surface area contributed by atoms with E-state index in [4.69, 9.17) is 17.3 Å². The molecule has 0 saturated heterocycles. The molecule has 2 aromatic rings. The van der Waals surface area contributed by atoms with Crippen LogP contribution in [-0.4, -0.2) is 28.2 Å². The number of aromatic nitrogens is 2. The molecule has 0 spiro atoms. The molecule has 4 N–H and O–H groups in total. The first-order valence-electron chi connectivity index (χ1n) is 7.49. The second-order valence-corrected chi connectivity index (χ2v) is 6.19. The van der Waals surface area contributed by atoms with Gasteiger partial charge in [0.05, 0.1) is 17.5 Å². The van der Waals surface area contributed by atoms with E-state index in [-0.39, 0.29) is 18.0 Å². The average Bonchev–Trinajstić information content (AvgIpc) is 2.99. The van der Waals surface area contributed by atoms with E-state index in [1.54, 1.807) is 12.3 Å². The van der Waals surface area contributed by atoms with Crippen LogP contribution in [0.15, 0.2) is 30.5 Å². The lowest BCUT2D eigenvalue weighted by Gasteiger charge is -2.26. The molecule has 5 nitrogen and oxygen atoms in total. The van der Waals surface area contributed by atoms with Crippen molar-refractivity contribution in [3.05, 3.63) is 41.0 Å². The van der Waals surface area contributed by atoms with Crippen LogP contribution in [0.25, 0.3) is 11.3 Å². The highest BCUT2D eigenvalue weighted by Gasteiger charge is 2.22. The number of carbonyl (C=O) groups is 1. The normalized spacial score (nSPS) is 21.5. The van der Waals surface area contributed by atoms with Crippen LogP contribution in [0.3, 0.4) is 0 Å². The maximum atomic E-state index is 12.5. The number of aromatic amines is 1. The number of H-pyrrole nitrogens is 1. The quantitative estimate of drug-likeness (QED) is 0.813. The summed E-state index contributed by atoms with van der Waals surface area (Å²) in [7, 11) is 0. The number of amides is 1. The van der Waals surface area contributed by atoms with Gasteiger partial charge in [-0.3, -0.25) is 9.89 Å². The van der Waals surface area contributed by atoms with Gasteiger partial charge < -0.3 is 11.1 Å². The molecule has 1 fully saturated rings. The van der Waals surface area contributed by atoms with Crippen molar-refractivity contribution in [1.82, 2.24) is 15.5 Å². The number of nitrogens with one attached hydrogen (secondary N) is 2. The Kier molecular flexibility index (Phi) is 4.45. The van der Waals surface area contributed by atoms with Crippen LogP contribution in [0, 0.1) is 0 Å². The molecule has 1 amide bonds. The van der Waals surface area contributed by atoms with E-state index < -0.39 is 0 Å². The lowest BCUT2D eigenvalue weighted by atomic mass is 9.91. The van der Waals surface area contributed by atoms with Crippen molar-refractivity contribution in [3.8, 4) is 11.3 Å². The number of rotatable bonds is 3. The number of benzene rings is 1. The van der Waals surface area contributed by atoms with Crippen molar-refractivity contribution in [3.63, 3.8) is 0 Å². The number of nitrogens with zero attached hydrogens (tertiary/aromatic N) is 1. The van der Waals surface area contributed by atoms with Crippen LogP contribution >= 0.6 is 11.6 Å². The summed E-state index contributed by atoms with van der Waals surface area (Å²) in [5, 5.41) is 10.6. The Labute approximate surface area is 134 Å². The molecule has 1 saturated carbocycles. The van der Waals surface area contributed by atoms with E-state index >= 15 is 0 Å². The van der Waals surface area contributed by atoms with E-state index in [0.29, 0.717) is 16.3 Å². The monoisotopic (exact) mass is 318 g/mol.